The lowest BCUT2D eigenvalue weighted by Crippen LogP contribution is -1.96. The number of carbonyl (C=O) groups excluding carboxylic acids is 1. The van der Waals surface area contributed by atoms with Crippen molar-refractivity contribution in [2.24, 2.45) is 0 Å². The van der Waals surface area contributed by atoms with Gasteiger partial charge in [0.15, 0.2) is 0 Å². The van der Waals surface area contributed by atoms with E-state index in [1.54, 1.807) is 6.92 Å². The molecule has 1 unspecified atom stereocenters. The Morgan fingerprint density at radius 2 is 2.00 bits per heavy atom. The second-order valence-electron chi connectivity index (χ2n) is 2.78. The number of benzene rings is 1. The van der Waals surface area contributed by atoms with Crippen molar-refractivity contribution in [2.75, 3.05) is 0 Å². The summed E-state index contributed by atoms with van der Waals surface area (Å²) in [7, 11) is 0. The summed E-state index contributed by atoms with van der Waals surface area (Å²) in [5.74, 6) is 0.209. The molecule has 2 heteroatoms. The Morgan fingerprint density at radius 1 is 1.42 bits per heavy atom. The molecule has 12 heavy (non-hydrogen) atoms. The van der Waals surface area contributed by atoms with Crippen LogP contribution in [0.15, 0.2) is 30.3 Å². The van der Waals surface area contributed by atoms with E-state index < -0.39 is 0 Å². The fraction of sp³-hybridized carbons (Fsp3) is 0.300. The van der Waals surface area contributed by atoms with E-state index in [9.17, 15) is 4.79 Å². The van der Waals surface area contributed by atoms with Crippen LogP contribution in [0, 0.1) is 0 Å². The van der Waals surface area contributed by atoms with E-state index in [0.29, 0.717) is 6.42 Å². The van der Waals surface area contributed by atoms with Crippen LogP contribution in [0.2, 0.25) is 0 Å². The Bertz CT molecular complexity index is 256. The number of hydrogen-bond acceptors (Lipinski definition) is 1. The molecule has 0 spiro atoms. The zero-order valence-corrected chi connectivity index (χ0v) is 8.54. The summed E-state index contributed by atoms with van der Waals surface area (Å²) >= 11 is 3.47. The van der Waals surface area contributed by atoms with Crippen molar-refractivity contribution in [1.82, 2.24) is 0 Å². The second kappa shape index (κ2) is 4.41. The molecule has 1 atom stereocenters. The van der Waals surface area contributed by atoms with E-state index in [1.165, 1.54) is 0 Å². The predicted molar refractivity (Wildman–Crippen MR) is 53.4 cm³/mol. The molecule has 0 N–H and O–H groups in total. The first-order chi connectivity index (χ1) is 5.70. The van der Waals surface area contributed by atoms with Crippen LogP contribution >= 0.6 is 15.9 Å². The lowest BCUT2D eigenvalue weighted by molar-refractivity contribution is -0.116. The van der Waals surface area contributed by atoms with Gasteiger partial charge in [-0.3, -0.25) is 4.79 Å². The molecular weight excluding hydrogens is 216 g/mol. The predicted octanol–water partition coefficient (Wildman–Crippen LogP) is 3.10. The average molecular weight is 227 g/mol. The number of ketones is 1. The monoisotopic (exact) mass is 226 g/mol. The van der Waals surface area contributed by atoms with Crippen molar-refractivity contribution in [2.45, 2.75) is 18.2 Å². The van der Waals surface area contributed by atoms with E-state index in [4.69, 9.17) is 0 Å². The quantitative estimate of drug-likeness (QED) is 0.725. The minimum Gasteiger partial charge on any atom is -0.300 e. The molecule has 0 aliphatic heterocycles. The van der Waals surface area contributed by atoms with Gasteiger partial charge in [0.25, 0.3) is 0 Å². The van der Waals surface area contributed by atoms with Crippen LogP contribution in [0.25, 0.3) is 0 Å². The summed E-state index contributed by atoms with van der Waals surface area (Å²) in [5, 5.41) is 0. The first-order valence-corrected chi connectivity index (χ1v) is 4.80. The van der Waals surface area contributed by atoms with Gasteiger partial charge in [0.05, 0.1) is 0 Å². The van der Waals surface area contributed by atoms with E-state index in [2.05, 4.69) is 15.9 Å². The maximum atomic E-state index is 10.8. The van der Waals surface area contributed by atoms with Crippen LogP contribution in [0.3, 0.4) is 0 Å². The summed E-state index contributed by atoms with van der Waals surface area (Å²) in [6.45, 7) is 1.61. The van der Waals surface area contributed by atoms with Gasteiger partial charge in [0.1, 0.15) is 5.78 Å². The number of Topliss-reactive ketones (excluding diaryl/α,β-unsaturated/α-hetero) is 1. The highest BCUT2D eigenvalue weighted by Crippen LogP contribution is 2.25. The molecule has 1 nitrogen and oxygen atoms in total. The molecule has 0 aliphatic rings. The smallest absolute Gasteiger partial charge is 0.131 e. The molecule has 1 rings (SSSR count). The maximum Gasteiger partial charge on any atom is 0.131 e. The summed E-state index contributed by atoms with van der Waals surface area (Å²) in [4.78, 5) is 11.0. The van der Waals surface area contributed by atoms with Crippen LogP contribution in [-0.2, 0) is 4.79 Å². The number of halogens is 1. The van der Waals surface area contributed by atoms with Crippen molar-refractivity contribution < 1.29 is 4.79 Å². The van der Waals surface area contributed by atoms with Crippen LogP contribution in [0.4, 0.5) is 0 Å². The molecule has 0 aromatic heterocycles. The molecule has 1 aromatic rings. The summed E-state index contributed by atoms with van der Waals surface area (Å²) in [6, 6.07) is 9.95. The van der Waals surface area contributed by atoms with E-state index in [0.717, 1.165) is 5.56 Å². The van der Waals surface area contributed by atoms with Gasteiger partial charge < -0.3 is 0 Å². The highest BCUT2D eigenvalue weighted by atomic mass is 79.9. The summed E-state index contributed by atoms with van der Waals surface area (Å²) < 4.78 is 0. The SMILES string of the molecule is CC(=O)CC(Br)c1ccccc1. The van der Waals surface area contributed by atoms with Crippen molar-refractivity contribution in [3.63, 3.8) is 0 Å². The average Bonchev–Trinajstić information content (AvgIpc) is 2.05. The summed E-state index contributed by atoms with van der Waals surface area (Å²) in [5.41, 5.74) is 1.16. The van der Waals surface area contributed by atoms with Gasteiger partial charge >= 0.3 is 0 Å². The first-order valence-electron chi connectivity index (χ1n) is 3.88. The first kappa shape index (κ1) is 9.46. The number of rotatable bonds is 3. The van der Waals surface area contributed by atoms with Crippen molar-refractivity contribution >= 4 is 21.7 Å². The van der Waals surface area contributed by atoms with Gasteiger partial charge in [-0.15, -0.1) is 0 Å². The zero-order chi connectivity index (χ0) is 8.97. The van der Waals surface area contributed by atoms with Crippen LogP contribution < -0.4 is 0 Å². The van der Waals surface area contributed by atoms with E-state index in [1.807, 2.05) is 30.3 Å². The molecule has 0 fully saturated rings. The third kappa shape index (κ3) is 2.78. The van der Waals surface area contributed by atoms with E-state index in [-0.39, 0.29) is 10.6 Å². The van der Waals surface area contributed by atoms with Gasteiger partial charge in [0.2, 0.25) is 0 Å². The maximum absolute atomic E-state index is 10.8. The van der Waals surface area contributed by atoms with Crippen molar-refractivity contribution in [1.29, 1.82) is 0 Å². The lowest BCUT2D eigenvalue weighted by atomic mass is 10.1. The van der Waals surface area contributed by atoms with E-state index >= 15 is 0 Å². The second-order valence-corrected chi connectivity index (χ2v) is 3.89. The molecule has 0 bridgehead atoms. The molecule has 0 radical (unpaired) electrons. The number of hydrogen-bond donors (Lipinski definition) is 0. The van der Waals surface area contributed by atoms with Gasteiger partial charge in [-0.1, -0.05) is 46.3 Å². The molecule has 0 saturated heterocycles. The highest BCUT2D eigenvalue weighted by molar-refractivity contribution is 9.09. The van der Waals surface area contributed by atoms with Gasteiger partial charge in [-0.25, -0.2) is 0 Å². The molecule has 0 saturated carbocycles. The standard InChI is InChI=1S/C10H11BrO/c1-8(12)7-10(11)9-5-3-2-4-6-9/h2-6,10H,7H2,1H3. The fourth-order valence-electron chi connectivity index (χ4n) is 1.03. The molecule has 64 valence electrons. The minimum absolute atomic E-state index is 0.163. The fourth-order valence-corrected chi connectivity index (χ4v) is 1.79. The van der Waals surface area contributed by atoms with Gasteiger partial charge in [-0.2, -0.15) is 0 Å². The molecule has 0 amide bonds. The molecular formula is C10H11BrO. The summed E-state index contributed by atoms with van der Waals surface area (Å²) in [6.07, 6.45) is 0.560. The Labute approximate surface area is 80.9 Å². The largest absolute Gasteiger partial charge is 0.300 e. The Morgan fingerprint density at radius 3 is 2.50 bits per heavy atom. The Hall–Kier alpha value is -0.630. The van der Waals surface area contributed by atoms with Gasteiger partial charge in [-0.05, 0) is 12.5 Å². The van der Waals surface area contributed by atoms with Gasteiger partial charge in [0, 0.05) is 11.2 Å². The Balaban J connectivity index is 2.65. The topological polar surface area (TPSA) is 17.1 Å². The van der Waals surface area contributed by atoms with Crippen LogP contribution in [0.1, 0.15) is 23.7 Å². The van der Waals surface area contributed by atoms with Crippen molar-refractivity contribution in [3.8, 4) is 0 Å². The number of carbonyl (C=O) groups is 1. The lowest BCUT2D eigenvalue weighted by Gasteiger charge is -2.06. The third-order valence-electron chi connectivity index (χ3n) is 1.63. The Kier molecular flexibility index (Phi) is 3.48. The van der Waals surface area contributed by atoms with Crippen LogP contribution in [-0.4, -0.2) is 5.78 Å². The highest BCUT2D eigenvalue weighted by Gasteiger charge is 2.08. The molecule has 0 aliphatic carbocycles. The molecule has 1 aromatic carbocycles. The molecule has 0 heterocycles. The normalized spacial score (nSPS) is 12.5. The zero-order valence-electron chi connectivity index (χ0n) is 6.96. The van der Waals surface area contributed by atoms with Crippen molar-refractivity contribution in [3.05, 3.63) is 35.9 Å². The minimum atomic E-state index is 0.163. The number of alkyl halides is 1. The third-order valence-corrected chi connectivity index (χ3v) is 2.48. The van der Waals surface area contributed by atoms with Crippen LogP contribution in [0.5, 0.6) is 0 Å².